The lowest BCUT2D eigenvalue weighted by atomic mass is 10.1. The van der Waals surface area contributed by atoms with Crippen molar-refractivity contribution in [3.8, 4) is 0 Å². The molecule has 0 bridgehead atoms. The van der Waals surface area contributed by atoms with Gasteiger partial charge in [-0.25, -0.2) is 4.79 Å². The minimum absolute atomic E-state index is 0.0424. The van der Waals surface area contributed by atoms with Crippen LogP contribution in [0.4, 0.5) is 0 Å². The van der Waals surface area contributed by atoms with Gasteiger partial charge in [-0.1, -0.05) is 18.2 Å². The molecule has 104 valence electrons. The van der Waals surface area contributed by atoms with E-state index in [-0.39, 0.29) is 13.0 Å². The molecule has 0 unspecified atom stereocenters. The Bertz CT molecular complexity index is 637. The van der Waals surface area contributed by atoms with E-state index in [2.05, 4.69) is 10.3 Å². The van der Waals surface area contributed by atoms with Crippen molar-refractivity contribution in [2.75, 3.05) is 6.61 Å². The molecule has 1 amide bonds. The Kier molecular flexibility index (Phi) is 4.27. The van der Waals surface area contributed by atoms with E-state index in [0.29, 0.717) is 11.1 Å². The van der Waals surface area contributed by atoms with Crippen LogP contribution in [0.1, 0.15) is 16.8 Å². The molecule has 0 radical (unpaired) electrons. The first kappa shape index (κ1) is 14.0. The van der Waals surface area contributed by atoms with Crippen molar-refractivity contribution in [1.29, 1.82) is 0 Å². The fraction of sp³-hybridized carbons (Fsp3) is 0.214. The summed E-state index contributed by atoms with van der Waals surface area (Å²) in [5, 5.41) is 21.0. The van der Waals surface area contributed by atoms with Gasteiger partial charge in [-0.05, 0) is 12.1 Å². The maximum absolute atomic E-state index is 12.2. The van der Waals surface area contributed by atoms with Crippen molar-refractivity contribution in [3.05, 3.63) is 42.1 Å². The minimum Gasteiger partial charge on any atom is -0.480 e. The van der Waals surface area contributed by atoms with E-state index in [1.165, 1.54) is 0 Å². The zero-order valence-electron chi connectivity index (χ0n) is 10.6. The second-order valence-electron chi connectivity index (χ2n) is 4.26. The van der Waals surface area contributed by atoms with Crippen LogP contribution in [0.25, 0.3) is 10.9 Å². The third-order valence-corrected chi connectivity index (χ3v) is 2.90. The predicted molar refractivity (Wildman–Crippen MR) is 72.3 cm³/mol. The fourth-order valence-electron chi connectivity index (χ4n) is 1.91. The van der Waals surface area contributed by atoms with Crippen LogP contribution in [0.15, 0.2) is 36.5 Å². The van der Waals surface area contributed by atoms with E-state index < -0.39 is 17.9 Å². The molecule has 0 spiro atoms. The summed E-state index contributed by atoms with van der Waals surface area (Å²) < 4.78 is 0. The fourth-order valence-corrected chi connectivity index (χ4v) is 1.91. The highest BCUT2D eigenvalue weighted by Gasteiger charge is 2.21. The number of hydrogen-bond donors (Lipinski definition) is 3. The van der Waals surface area contributed by atoms with Gasteiger partial charge in [0, 0.05) is 24.6 Å². The van der Waals surface area contributed by atoms with E-state index in [9.17, 15) is 9.59 Å². The number of aliphatic carboxylic acids is 1. The number of amides is 1. The van der Waals surface area contributed by atoms with Crippen LogP contribution in [0.3, 0.4) is 0 Å². The third kappa shape index (κ3) is 2.92. The average molecular weight is 274 g/mol. The molecule has 1 aromatic heterocycles. The third-order valence-electron chi connectivity index (χ3n) is 2.90. The predicted octanol–water partition coefficient (Wildman–Crippen LogP) is 0.800. The molecule has 0 fully saturated rings. The molecule has 0 aliphatic rings. The number of carbonyl (C=O) groups excluding carboxylic acids is 1. The van der Waals surface area contributed by atoms with Crippen LogP contribution in [0, 0.1) is 0 Å². The Morgan fingerprint density at radius 3 is 2.70 bits per heavy atom. The highest BCUT2D eigenvalue weighted by atomic mass is 16.4. The number of aliphatic hydroxyl groups is 1. The molecule has 1 aromatic carbocycles. The van der Waals surface area contributed by atoms with E-state index in [1.807, 2.05) is 12.1 Å². The molecule has 1 atom stereocenters. The molecule has 0 saturated carbocycles. The second-order valence-corrected chi connectivity index (χ2v) is 4.26. The standard InChI is InChI=1S/C14H14N2O4/c17-8-6-11(14(19)20)16-13(18)10-5-1-3-9-4-2-7-15-12(9)10/h1-5,7,11,17H,6,8H2,(H,16,18)(H,19,20)/t11-/m1/s1. The molecular formula is C14H14N2O4. The van der Waals surface area contributed by atoms with Gasteiger partial charge in [-0.3, -0.25) is 9.78 Å². The number of pyridine rings is 1. The van der Waals surface area contributed by atoms with Gasteiger partial charge < -0.3 is 15.5 Å². The smallest absolute Gasteiger partial charge is 0.326 e. The van der Waals surface area contributed by atoms with E-state index >= 15 is 0 Å². The molecule has 0 aliphatic heterocycles. The molecular weight excluding hydrogens is 260 g/mol. The number of carbonyl (C=O) groups is 2. The molecule has 0 aliphatic carbocycles. The number of benzene rings is 1. The van der Waals surface area contributed by atoms with Crippen molar-refractivity contribution in [2.45, 2.75) is 12.5 Å². The average Bonchev–Trinajstić information content (AvgIpc) is 2.46. The lowest BCUT2D eigenvalue weighted by Gasteiger charge is -2.13. The zero-order chi connectivity index (χ0) is 14.5. The van der Waals surface area contributed by atoms with Gasteiger partial charge in [0.25, 0.3) is 5.91 Å². The van der Waals surface area contributed by atoms with Gasteiger partial charge in [-0.15, -0.1) is 0 Å². The molecule has 0 saturated heterocycles. The Labute approximate surface area is 115 Å². The van der Waals surface area contributed by atoms with E-state index in [4.69, 9.17) is 10.2 Å². The van der Waals surface area contributed by atoms with E-state index in [1.54, 1.807) is 24.4 Å². The molecule has 1 heterocycles. The van der Waals surface area contributed by atoms with Gasteiger partial charge in [0.15, 0.2) is 0 Å². The summed E-state index contributed by atoms with van der Waals surface area (Å²) in [5.41, 5.74) is 0.827. The molecule has 3 N–H and O–H groups in total. The van der Waals surface area contributed by atoms with Crippen LogP contribution in [-0.4, -0.2) is 39.7 Å². The van der Waals surface area contributed by atoms with Crippen LogP contribution < -0.4 is 5.32 Å². The van der Waals surface area contributed by atoms with Crippen molar-refractivity contribution in [2.24, 2.45) is 0 Å². The number of carboxylic acid groups (broad SMARTS) is 1. The Balaban J connectivity index is 2.29. The maximum atomic E-state index is 12.2. The molecule has 2 rings (SSSR count). The largest absolute Gasteiger partial charge is 0.480 e. The van der Waals surface area contributed by atoms with Crippen LogP contribution >= 0.6 is 0 Å². The first-order valence-corrected chi connectivity index (χ1v) is 6.11. The molecule has 2 aromatic rings. The number of rotatable bonds is 5. The minimum atomic E-state index is -1.18. The number of fused-ring (bicyclic) bond motifs is 1. The summed E-state index contributed by atoms with van der Waals surface area (Å²) in [4.78, 5) is 27.3. The number of hydrogen-bond acceptors (Lipinski definition) is 4. The van der Waals surface area contributed by atoms with Crippen molar-refractivity contribution in [3.63, 3.8) is 0 Å². The summed E-state index contributed by atoms with van der Waals surface area (Å²) in [5.74, 6) is -1.70. The highest BCUT2D eigenvalue weighted by Crippen LogP contribution is 2.16. The number of carboxylic acids is 1. The van der Waals surface area contributed by atoms with Gasteiger partial charge >= 0.3 is 5.97 Å². The van der Waals surface area contributed by atoms with Crippen molar-refractivity contribution < 1.29 is 19.8 Å². The summed E-state index contributed by atoms with van der Waals surface area (Å²) in [6.07, 6.45) is 1.53. The first-order chi connectivity index (χ1) is 9.63. The van der Waals surface area contributed by atoms with Crippen LogP contribution in [0.2, 0.25) is 0 Å². The van der Waals surface area contributed by atoms with Crippen LogP contribution in [0.5, 0.6) is 0 Å². The zero-order valence-corrected chi connectivity index (χ0v) is 10.6. The summed E-state index contributed by atoms with van der Waals surface area (Å²) in [6, 6.07) is 7.58. The number of nitrogens with zero attached hydrogens (tertiary/aromatic N) is 1. The highest BCUT2D eigenvalue weighted by molar-refractivity contribution is 6.06. The van der Waals surface area contributed by atoms with Gasteiger partial charge in [0.1, 0.15) is 6.04 Å². The molecule has 6 heteroatoms. The summed E-state index contributed by atoms with van der Waals surface area (Å²) in [7, 11) is 0. The topological polar surface area (TPSA) is 99.5 Å². The van der Waals surface area contributed by atoms with E-state index in [0.717, 1.165) is 5.39 Å². The monoisotopic (exact) mass is 274 g/mol. The lowest BCUT2D eigenvalue weighted by molar-refractivity contribution is -0.139. The maximum Gasteiger partial charge on any atom is 0.326 e. The quantitative estimate of drug-likeness (QED) is 0.749. The Morgan fingerprint density at radius 1 is 1.25 bits per heavy atom. The molecule has 20 heavy (non-hydrogen) atoms. The van der Waals surface area contributed by atoms with Gasteiger partial charge in [0.2, 0.25) is 0 Å². The lowest BCUT2D eigenvalue weighted by Crippen LogP contribution is -2.41. The Hall–Kier alpha value is -2.47. The van der Waals surface area contributed by atoms with Gasteiger partial charge in [0.05, 0.1) is 11.1 Å². The summed E-state index contributed by atoms with van der Waals surface area (Å²) in [6.45, 7) is -0.314. The Morgan fingerprint density at radius 2 is 2.00 bits per heavy atom. The second kappa shape index (κ2) is 6.12. The normalized spacial score (nSPS) is 12.1. The van der Waals surface area contributed by atoms with Crippen molar-refractivity contribution >= 4 is 22.8 Å². The first-order valence-electron chi connectivity index (χ1n) is 6.11. The number of aromatic nitrogens is 1. The van der Waals surface area contributed by atoms with Crippen molar-refractivity contribution in [1.82, 2.24) is 10.3 Å². The number of para-hydroxylation sites is 1. The summed E-state index contributed by atoms with van der Waals surface area (Å²) >= 11 is 0. The van der Waals surface area contributed by atoms with Gasteiger partial charge in [-0.2, -0.15) is 0 Å². The SMILES string of the molecule is O=C(N[C@H](CCO)C(=O)O)c1cccc2cccnc12. The molecule has 6 nitrogen and oxygen atoms in total. The van der Waals surface area contributed by atoms with Crippen LogP contribution in [-0.2, 0) is 4.79 Å². The number of aliphatic hydroxyl groups excluding tert-OH is 1. The number of nitrogens with one attached hydrogen (secondary N) is 1.